The zero-order valence-electron chi connectivity index (χ0n) is 8.71. The molecule has 0 aromatic carbocycles. The van der Waals surface area contributed by atoms with Crippen LogP contribution in [0.5, 0.6) is 0 Å². The molecule has 0 unspecified atom stereocenters. The van der Waals surface area contributed by atoms with Crippen molar-refractivity contribution in [3.8, 4) is 0 Å². The molecular formula is C10H11NO4S. The summed E-state index contributed by atoms with van der Waals surface area (Å²) < 4.78 is 4.75. The Bertz CT molecular complexity index is 397. The van der Waals surface area contributed by atoms with Gasteiger partial charge in [-0.25, -0.2) is 4.79 Å². The van der Waals surface area contributed by atoms with Crippen LogP contribution in [0.4, 0.5) is 0 Å². The van der Waals surface area contributed by atoms with Crippen LogP contribution in [0.15, 0.2) is 23.1 Å². The highest BCUT2D eigenvalue weighted by Gasteiger charge is 2.16. The van der Waals surface area contributed by atoms with E-state index in [1.165, 1.54) is 17.4 Å². The summed E-state index contributed by atoms with van der Waals surface area (Å²) in [5.41, 5.74) is 0.0642. The molecule has 0 aliphatic heterocycles. The molecule has 5 nitrogen and oxygen atoms in total. The lowest BCUT2D eigenvalue weighted by Crippen LogP contribution is -2.15. The summed E-state index contributed by atoms with van der Waals surface area (Å²) >= 11 is 1.41. The Morgan fingerprint density at radius 1 is 1.69 bits per heavy atom. The fourth-order valence-corrected chi connectivity index (χ4v) is 1.76. The van der Waals surface area contributed by atoms with E-state index < -0.39 is 17.4 Å². The fourth-order valence-electron chi connectivity index (χ4n) is 1.08. The van der Waals surface area contributed by atoms with E-state index in [1.807, 2.05) is 11.4 Å². The van der Waals surface area contributed by atoms with Crippen LogP contribution < -0.4 is 0 Å². The Morgan fingerprint density at radius 3 is 2.94 bits per heavy atom. The first-order valence-corrected chi connectivity index (χ1v) is 5.54. The van der Waals surface area contributed by atoms with Gasteiger partial charge in [0.15, 0.2) is 0 Å². The minimum atomic E-state index is -0.632. The van der Waals surface area contributed by atoms with Crippen LogP contribution >= 0.6 is 11.3 Å². The number of nitro groups is 1. The number of carbonyl (C=O) groups excluding carboxylic acids is 1. The van der Waals surface area contributed by atoms with E-state index in [0.29, 0.717) is 0 Å². The highest BCUT2D eigenvalue weighted by atomic mass is 32.1. The third-order valence-electron chi connectivity index (χ3n) is 1.70. The van der Waals surface area contributed by atoms with Crippen molar-refractivity contribution in [3.63, 3.8) is 0 Å². The van der Waals surface area contributed by atoms with Gasteiger partial charge in [-0.05, 0) is 24.4 Å². The van der Waals surface area contributed by atoms with Crippen LogP contribution in [0.1, 0.15) is 11.8 Å². The predicted molar refractivity (Wildman–Crippen MR) is 60.8 cm³/mol. The van der Waals surface area contributed by atoms with Gasteiger partial charge in [-0.3, -0.25) is 10.1 Å². The van der Waals surface area contributed by atoms with E-state index in [9.17, 15) is 14.9 Å². The molecule has 0 saturated heterocycles. The predicted octanol–water partition coefficient (Wildman–Crippen LogP) is 1.97. The summed E-state index contributed by atoms with van der Waals surface area (Å²) in [7, 11) is 0. The van der Waals surface area contributed by atoms with Crippen molar-refractivity contribution in [3.05, 3.63) is 38.1 Å². The molecule has 1 aromatic rings. The van der Waals surface area contributed by atoms with Crippen LogP contribution in [-0.4, -0.2) is 24.0 Å². The van der Waals surface area contributed by atoms with Gasteiger partial charge in [0.1, 0.15) is 5.57 Å². The molecule has 1 heterocycles. The van der Waals surface area contributed by atoms with Crippen molar-refractivity contribution in [1.29, 1.82) is 0 Å². The number of carbonyl (C=O) groups is 1. The van der Waals surface area contributed by atoms with Gasteiger partial charge in [0.2, 0.25) is 6.54 Å². The van der Waals surface area contributed by atoms with Crippen molar-refractivity contribution in [1.82, 2.24) is 0 Å². The van der Waals surface area contributed by atoms with Crippen LogP contribution in [0.3, 0.4) is 0 Å². The van der Waals surface area contributed by atoms with Gasteiger partial charge in [0, 0.05) is 9.80 Å². The molecule has 6 heteroatoms. The van der Waals surface area contributed by atoms with Crippen molar-refractivity contribution < 1.29 is 14.5 Å². The van der Waals surface area contributed by atoms with E-state index in [-0.39, 0.29) is 12.2 Å². The van der Waals surface area contributed by atoms with E-state index in [2.05, 4.69) is 0 Å². The van der Waals surface area contributed by atoms with E-state index in [4.69, 9.17) is 4.74 Å². The summed E-state index contributed by atoms with van der Waals surface area (Å²) in [5, 5.41) is 12.2. The number of nitrogens with zero attached hydrogens (tertiary/aromatic N) is 1. The molecule has 1 aromatic heterocycles. The van der Waals surface area contributed by atoms with Gasteiger partial charge in [-0.15, -0.1) is 11.3 Å². The Balaban J connectivity index is 2.86. The zero-order chi connectivity index (χ0) is 12.0. The molecule has 0 atom stereocenters. The number of hydrogen-bond acceptors (Lipinski definition) is 5. The summed E-state index contributed by atoms with van der Waals surface area (Å²) in [6, 6.07) is 3.59. The quantitative estimate of drug-likeness (QED) is 0.342. The number of rotatable bonds is 5. The second-order valence-corrected chi connectivity index (χ2v) is 3.88. The molecule has 0 bridgehead atoms. The summed E-state index contributed by atoms with van der Waals surface area (Å²) in [6.45, 7) is 1.35. The summed E-state index contributed by atoms with van der Waals surface area (Å²) in [4.78, 5) is 22.1. The zero-order valence-corrected chi connectivity index (χ0v) is 9.53. The Morgan fingerprint density at radius 2 is 2.44 bits per heavy atom. The lowest BCUT2D eigenvalue weighted by molar-refractivity contribution is -0.470. The van der Waals surface area contributed by atoms with Crippen LogP contribution in [0.25, 0.3) is 6.08 Å². The molecule has 0 radical (unpaired) electrons. The van der Waals surface area contributed by atoms with Crippen molar-refractivity contribution in [2.75, 3.05) is 13.2 Å². The van der Waals surface area contributed by atoms with Crippen LogP contribution in [0.2, 0.25) is 0 Å². The number of thiophene rings is 1. The largest absolute Gasteiger partial charge is 0.462 e. The lowest BCUT2D eigenvalue weighted by atomic mass is 10.2. The maximum Gasteiger partial charge on any atom is 0.340 e. The van der Waals surface area contributed by atoms with Crippen LogP contribution in [0, 0.1) is 10.1 Å². The average Bonchev–Trinajstić information content (AvgIpc) is 2.69. The molecule has 0 amide bonds. The van der Waals surface area contributed by atoms with Crippen molar-refractivity contribution in [2.45, 2.75) is 6.92 Å². The highest BCUT2D eigenvalue weighted by molar-refractivity contribution is 7.10. The third-order valence-corrected chi connectivity index (χ3v) is 2.52. The van der Waals surface area contributed by atoms with Gasteiger partial charge in [-0.1, -0.05) is 6.07 Å². The Kier molecular flexibility index (Phi) is 4.65. The smallest absolute Gasteiger partial charge is 0.340 e. The molecular weight excluding hydrogens is 230 g/mol. The highest BCUT2D eigenvalue weighted by Crippen LogP contribution is 2.14. The molecule has 0 aliphatic carbocycles. The molecule has 0 fully saturated rings. The Hall–Kier alpha value is -1.69. The van der Waals surface area contributed by atoms with Crippen LogP contribution in [-0.2, 0) is 9.53 Å². The molecule has 0 spiro atoms. The molecule has 0 N–H and O–H groups in total. The molecule has 16 heavy (non-hydrogen) atoms. The number of esters is 1. The first-order valence-electron chi connectivity index (χ1n) is 4.66. The van der Waals surface area contributed by atoms with Gasteiger partial charge < -0.3 is 4.74 Å². The molecule has 0 aliphatic rings. The third kappa shape index (κ3) is 3.82. The molecule has 1 rings (SSSR count). The fraction of sp³-hybridized carbons (Fsp3) is 0.300. The van der Waals surface area contributed by atoms with Gasteiger partial charge >= 0.3 is 5.97 Å². The van der Waals surface area contributed by atoms with E-state index in [0.717, 1.165) is 4.88 Å². The first-order chi connectivity index (χ1) is 7.63. The number of ether oxygens (including phenoxy) is 1. The van der Waals surface area contributed by atoms with E-state index >= 15 is 0 Å². The summed E-state index contributed by atoms with van der Waals surface area (Å²) in [5.74, 6) is -0.632. The van der Waals surface area contributed by atoms with Gasteiger partial charge in [0.25, 0.3) is 0 Å². The van der Waals surface area contributed by atoms with Crippen molar-refractivity contribution >= 4 is 23.4 Å². The van der Waals surface area contributed by atoms with Gasteiger partial charge in [0.05, 0.1) is 6.61 Å². The van der Waals surface area contributed by atoms with Crippen molar-refractivity contribution in [2.24, 2.45) is 0 Å². The average molecular weight is 241 g/mol. The molecule has 86 valence electrons. The maximum atomic E-state index is 11.4. The normalized spacial score (nSPS) is 11.2. The lowest BCUT2D eigenvalue weighted by Gasteiger charge is -2.02. The van der Waals surface area contributed by atoms with E-state index in [1.54, 1.807) is 13.0 Å². The monoisotopic (exact) mass is 241 g/mol. The SMILES string of the molecule is CCOC(=O)C(=Cc1cccs1)C[N+](=O)[O-]. The molecule has 0 saturated carbocycles. The minimum Gasteiger partial charge on any atom is -0.462 e. The number of hydrogen-bond donors (Lipinski definition) is 0. The summed E-state index contributed by atoms with van der Waals surface area (Å²) in [6.07, 6.45) is 1.49. The van der Waals surface area contributed by atoms with Gasteiger partial charge in [-0.2, -0.15) is 0 Å². The topological polar surface area (TPSA) is 69.4 Å². The first kappa shape index (κ1) is 12.4. The minimum absolute atomic E-state index is 0.0642. The second kappa shape index (κ2) is 6.02. The Labute approximate surface area is 96.5 Å². The maximum absolute atomic E-state index is 11.4. The standard InChI is InChI=1S/C10H11NO4S/c1-2-15-10(12)8(7-11(13)14)6-9-4-3-5-16-9/h3-6H,2,7H2,1H3. The second-order valence-electron chi connectivity index (χ2n) is 2.90.